The molecule has 0 atom stereocenters. The molecule has 1 aromatic rings. The summed E-state index contributed by atoms with van der Waals surface area (Å²) in [6.45, 7) is 0.214. The fourth-order valence-corrected chi connectivity index (χ4v) is 1.73. The molecule has 1 aromatic carbocycles. The van der Waals surface area contributed by atoms with Gasteiger partial charge in [-0.25, -0.2) is 0 Å². The highest BCUT2D eigenvalue weighted by molar-refractivity contribution is 9.10. The molecule has 0 aliphatic rings. The Hall–Kier alpha value is -1.24. The number of alkyl halides is 3. The third-order valence-corrected chi connectivity index (χ3v) is 2.85. The molecular weight excluding hydrogens is 315 g/mol. The van der Waals surface area contributed by atoms with Gasteiger partial charge in [0.15, 0.2) is 0 Å². The minimum absolute atomic E-state index is 0.0199. The molecule has 0 spiro atoms. The SMILES string of the molecule is COC(=O)CCNc1ccc(Br)c(C(F)(F)F)c1. The van der Waals surface area contributed by atoms with Crippen LogP contribution in [0.2, 0.25) is 0 Å². The Morgan fingerprint density at radius 1 is 1.44 bits per heavy atom. The van der Waals surface area contributed by atoms with Crippen LogP contribution in [0.1, 0.15) is 12.0 Å². The predicted molar refractivity (Wildman–Crippen MR) is 64.3 cm³/mol. The third-order valence-electron chi connectivity index (χ3n) is 2.16. The Kier molecular flexibility index (Phi) is 5.01. The molecule has 18 heavy (non-hydrogen) atoms. The summed E-state index contributed by atoms with van der Waals surface area (Å²) in [5.41, 5.74) is -0.458. The van der Waals surface area contributed by atoms with Crippen molar-refractivity contribution in [2.75, 3.05) is 19.0 Å². The molecule has 0 fully saturated rings. The number of hydrogen-bond donors (Lipinski definition) is 1. The van der Waals surface area contributed by atoms with E-state index < -0.39 is 17.7 Å². The number of carbonyl (C=O) groups is 1. The third kappa shape index (κ3) is 4.21. The average molecular weight is 326 g/mol. The van der Waals surface area contributed by atoms with E-state index in [9.17, 15) is 18.0 Å². The van der Waals surface area contributed by atoms with Crippen molar-refractivity contribution in [2.24, 2.45) is 0 Å². The van der Waals surface area contributed by atoms with E-state index in [1.54, 1.807) is 0 Å². The van der Waals surface area contributed by atoms with Gasteiger partial charge in [-0.15, -0.1) is 0 Å². The zero-order valence-electron chi connectivity index (χ0n) is 9.47. The second kappa shape index (κ2) is 6.08. The number of carbonyl (C=O) groups excluding carboxylic acids is 1. The van der Waals surface area contributed by atoms with E-state index in [1.807, 2.05) is 0 Å². The summed E-state index contributed by atoms with van der Waals surface area (Å²) in [6, 6.07) is 3.79. The Labute approximate surface area is 110 Å². The maximum atomic E-state index is 12.6. The molecule has 0 saturated carbocycles. The Balaban J connectivity index is 2.71. The van der Waals surface area contributed by atoms with Gasteiger partial charge >= 0.3 is 12.1 Å². The van der Waals surface area contributed by atoms with Gasteiger partial charge in [-0.2, -0.15) is 13.2 Å². The minimum Gasteiger partial charge on any atom is -0.469 e. The summed E-state index contributed by atoms with van der Waals surface area (Å²) >= 11 is 2.85. The summed E-state index contributed by atoms with van der Waals surface area (Å²) in [4.78, 5) is 10.8. The topological polar surface area (TPSA) is 38.3 Å². The van der Waals surface area contributed by atoms with Crippen molar-refractivity contribution in [3.8, 4) is 0 Å². The van der Waals surface area contributed by atoms with Crippen molar-refractivity contribution in [1.29, 1.82) is 0 Å². The number of halogens is 4. The average Bonchev–Trinajstić information content (AvgIpc) is 2.29. The van der Waals surface area contributed by atoms with Crippen LogP contribution in [0.25, 0.3) is 0 Å². The molecule has 1 rings (SSSR count). The molecule has 0 aliphatic heterocycles. The summed E-state index contributed by atoms with van der Waals surface area (Å²) in [7, 11) is 1.25. The van der Waals surface area contributed by atoms with Gasteiger partial charge in [0.1, 0.15) is 0 Å². The van der Waals surface area contributed by atoms with Crippen LogP contribution in [-0.4, -0.2) is 19.6 Å². The Morgan fingerprint density at radius 2 is 2.11 bits per heavy atom. The molecule has 0 saturated heterocycles. The molecule has 0 aromatic heterocycles. The first kappa shape index (κ1) is 14.8. The molecule has 0 aliphatic carbocycles. The largest absolute Gasteiger partial charge is 0.469 e. The van der Waals surface area contributed by atoms with Crippen molar-refractivity contribution < 1.29 is 22.7 Å². The number of methoxy groups -OCH3 is 1. The first-order valence-electron chi connectivity index (χ1n) is 5.02. The van der Waals surface area contributed by atoms with Crippen molar-refractivity contribution in [1.82, 2.24) is 0 Å². The van der Waals surface area contributed by atoms with Gasteiger partial charge in [0.05, 0.1) is 19.1 Å². The van der Waals surface area contributed by atoms with Gasteiger partial charge < -0.3 is 10.1 Å². The number of anilines is 1. The van der Waals surface area contributed by atoms with Crippen LogP contribution < -0.4 is 5.32 Å². The fourth-order valence-electron chi connectivity index (χ4n) is 1.26. The predicted octanol–water partition coefficient (Wildman–Crippen LogP) is 3.44. The summed E-state index contributed by atoms with van der Waals surface area (Å²) in [6.07, 6.45) is -4.33. The van der Waals surface area contributed by atoms with Gasteiger partial charge in [0, 0.05) is 16.7 Å². The smallest absolute Gasteiger partial charge is 0.417 e. The van der Waals surface area contributed by atoms with E-state index in [2.05, 4.69) is 26.0 Å². The Bertz CT molecular complexity index is 435. The monoisotopic (exact) mass is 325 g/mol. The normalized spacial score (nSPS) is 11.2. The number of hydrogen-bond acceptors (Lipinski definition) is 3. The summed E-state index contributed by atoms with van der Waals surface area (Å²) in [5, 5.41) is 2.73. The van der Waals surface area contributed by atoms with Crippen LogP contribution in [0.15, 0.2) is 22.7 Å². The van der Waals surface area contributed by atoms with Crippen molar-refractivity contribution in [3.05, 3.63) is 28.2 Å². The van der Waals surface area contributed by atoms with E-state index >= 15 is 0 Å². The van der Waals surface area contributed by atoms with Crippen LogP contribution >= 0.6 is 15.9 Å². The zero-order valence-corrected chi connectivity index (χ0v) is 11.1. The maximum Gasteiger partial charge on any atom is 0.417 e. The standard InChI is InChI=1S/C11H11BrF3NO2/c1-18-10(17)4-5-16-7-2-3-9(12)8(6-7)11(13,14)15/h2-3,6,16H,4-5H2,1H3. The number of rotatable bonds is 4. The van der Waals surface area contributed by atoms with Crippen LogP contribution in [0, 0.1) is 0 Å². The van der Waals surface area contributed by atoms with Crippen molar-refractivity contribution in [3.63, 3.8) is 0 Å². The number of esters is 1. The molecule has 1 N–H and O–H groups in total. The van der Waals surface area contributed by atoms with Crippen molar-refractivity contribution >= 4 is 27.6 Å². The maximum absolute atomic E-state index is 12.6. The van der Waals surface area contributed by atoms with Crippen molar-refractivity contribution in [2.45, 2.75) is 12.6 Å². The molecule has 0 unspecified atom stereocenters. The quantitative estimate of drug-likeness (QED) is 0.862. The highest BCUT2D eigenvalue weighted by atomic mass is 79.9. The van der Waals surface area contributed by atoms with Gasteiger partial charge in [-0.3, -0.25) is 4.79 Å². The first-order chi connectivity index (χ1) is 8.34. The molecular formula is C11H11BrF3NO2. The second-order valence-electron chi connectivity index (χ2n) is 3.45. The highest BCUT2D eigenvalue weighted by Gasteiger charge is 2.33. The Morgan fingerprint density at radius 3 is 2.67 bits per heavy atom. The van der Waals surface area contributed by atoms with Crippen LogP contribution in [0.5, 0.6) is 0 Å². The molecule has 0 amide bonds. The van der Waals surface area contributed by atoms with Crippen LogP contribution in [0.3, 0.4) is 0 Å². The second-order valence-corrected chi connectivity index (χ2v) is 4.30. The lowest BCUT2D eigenvalue weighted by Gasteiger charge is -2.12. The number of benzene rings is 1. The van der Waals surface area contributed by atoms with E-state index in [0.29, 0.717) is 5.69 Å². The molecule has 0 radical (unpaired) electrons. The van der Waals surface area contributed by atoms with Gasteiger partial charge in [0.2, 0.25) is 0 Å². The lowest BCUT2D eigenvalue weighted by Crippen LogP contribution is -2.11. The molecule has 100 valence electrons. The van der Waals surface area contributed by atoms with E-state index in [4.69, 9.17) is 0 Å². The number of ether oxygens (including phenoxy) is 1. The minimum atomic E-state index is -4.42. The summed E-state index contributed by atoms with van der Waals surface area (Å²) < 4.78 is 42.2. The van der Waals surface area contributed by atoms with Gasteiger partial charge in [-0.1, -0.05) is 15.9 Å². The molecule has 0 heterocycles. The molecule has 7 heteroatoms. The van der Waals surface area contributed by atoms with E-state index in [1.165, 1.54) is 19.2 Å². The fraction of sp³-hybridized carbons (Fsp3) is 0.364. The van der Waals surface area contributed by atoms with Crippen LogP contribution in [-0.2, 0) is 15.7 Å². The molecule has 3 nitrogen and oxygen atoms in total. The lowest BCUT2D eigenvalue weighted by atomic mass is 10.2. The molecule has 0 bridgehead atoms. The first-order valence-corrected chi connectivity index (χ1v) is 5.81. The highest BCUT2D eigenvalue weighted by Crippen LogP contribution is 2.36. The summed E-state index contributed by atoms with van der Waals surface area (Å²) in [5.74, 6) is -0.421. The van der Waals surface area contributed by atoms with E-state index in [0.717, 1.165) is 6.07 Å². The van der Waals surface area contributed by atoms with Gasteiger partial charge in [0.25, 0.3) is 0 Å². The van der Waals surface area contributed by atoms with Gasteiger partial charge in [-0.05, 0) is 18.2 Å². The van der Waals surface area contributed by atoms with Crippen LogP contribution in [0.4, 0.5) is 18.9 Å². The number of nitrogens with one attached hydrogen (secondary N) is 1. The lowest BCUT2D eigenvalue weighted by molar-refractivity contribution is -0.140. The van der Waals surface area contributed by atoms with E-state index in [-0.39, 0.29) is 17.4 Å². The zero-order chi connectivity index (χ0) is 13.8.